The first-order valence-electron chi connectivity index (χ1n) is 18.5. The summed E-state index contributed by atoms with van der Waals surface area (Å²) < 4.78 is 96.0. The minimum absolute atomic E-state index is 0.0523. The number of aromatic nitrogens is 3. The Kier molecular flexibility index (Phi) is 5.02. The molecule has 0 bridgehead atoms. The lowest BCUT2D eigenvalue weighted by atomic mass is 9.84. The number of pyridine rings is 2. The van der Waals surface area contributed by atoms with Gasteiger partial charge in [0.05, 0.1) is 22.0 Å². The van der Waals surface area contributed by atoms with Crippen LogP contribution in [0.25, 0.3) is 27.8 Å². The summed E-state index contributed by atoms with van der Waals surface area (Å²) in [4.78, 5) is 9.23. The smallest absolute Gasteiger partial charge is 0.292 e. The molecule has 0 aliphatic carbocycles. The first-order chi connectivity index (χ1) is 24.6. The van der Waals surface area contributed by atoms with Gasteiger partial charge >= 0.3 is 6.01 Å². The maximum atomic E-state index is 17.2. The Hall–Kier alpha value is -5.00. The lowest BCUT2D eigenvalue weighted by molar-refractivity contribution is -0.394. The standard InChI is InChI=1S/C39H37F2N5/c1-37(2,3)25-16-17-42-35(22-25)46-31-13-9-8-12-30(31)36-34(46)21-28(23-43-36)39(40,41)27-18-26(38(4,5)6)19-29(20-27)45-24-44(7)32-14-10-11-15-33(32)45/h8-23H,1-7H3/q+2/i7D3,10D,11D,14D,15D. The van der Waals surface area contributed by atoms with Gasteiger partial charge in [-0.05, 0) is 56.9 Å². The lowest BCUT2D eigenvalue weighted by Gasteiger charge is -2.23. The second kappa shape index (κ2) is 10.3. The predicted octanol–water partition coefficient (Wildman–Crippen LogP) is 9.60. The second-order valence-corrected chi connectivity index (χ2v) is 13.7. The van der Waals surface area contributed by atoms with Crippen LogP contribution in [0.3, 0.4) is 0 Å². The van der Waals surface area contributed by atoms with E-state index in [4.69, 9.17) is 9.60 Å². The van der Waals surface area contributed by atoms with E-state index in [0.29, 0.717) is 27.0 Å². The van der Waals surface area contributed by atoms with E-state index in [2.05, 4.69) is 36.7 Å². The molecular formula is C39H37F2N5+2. The Morgan fingerprint density at radius 1 is 0.783 bits per heavy atom. The lowest BCUT2D eigenvalue weighted by Crippen LogP contribution is -2.19. The zero-order valence-corrected chi connectivity index (χ0v) is 26.4. The van der Waals surface area contributed by atoms with Crippen molar-refractivity contribution in [3.63, 3.8) is 0 Å². The van der Waals surface area contributed by atoms with Gasteiger partial charge in [-0.15, -0.1) is 0 Å². The molecule has 0 unspecified atom stereocenters. The molecule has 0 radical (unpaired) electrons. The van der Waals surface area contributed by atoms with E-state index >= 15 is 8.78 Å². The first kappa shape index (κ1) is 22.5. The van der Waals surface area contributed by atoms with Gasteiger partial charge in [-0.2, -0.15) is 8.78 Å². The molecule has 0 saturated carbocycles. The van der Waals surface area contributed by atoms with Gasteiger partial charge in [0.25, 0.3) is 17.3 Å². The average Bonchev–Trinajstić information content (AvgIpc) is 3.66. The Bertz CT molecular complexity index is 2590. The molecule has 0 amide bonds. The van der Waals surface area contributed by atoms with Crippen molar-refractivity contribution in [2.24, 2.45) is 0 Å². The SMILES string of the molecule is [2H]c1c([2H])c([2H])c2c(c1[2H])[N+](c1cc(C(C)(C)C)cc(C(F)(F)c3cnc4c5ccccc5n(-c5cc(C(C)(C)C)ccn5)c4c3)c1)=C=[N+]2C([2H])([2H])[2H]. The maximum absolute atomic E-state index is 17.2. The highest BCUT2D eigenvalue weighted by Crippen LogP contribution is 2.43. The number of rotatable bonds is 4. The highest BCUT2D eigenvalue weighted by atomic mass is 19.3. The van der Waals surface area contributed by atoms with Crippen LogP contribution in [0, 0.1) is 0 Å². The van der Waals surface area contributed by atoms with Gasteiger partial charge in [0.2, 0.25) is 5.69 Å². The summed E-state index contributed by atoms with van der Waals surface area (Å²) in [7, 11) is 0. The molecule has 0 atom stereocenters. The van der Waals surface area contributed by atoms with Crippen LogP contribution in [0.2, 0.25) is 0 Å². The van der Waals surface area contributed by atoms with E-state index < -0.39 is 48.0 Å². The van der Waals surface area contributed by atoms with Crippen molar-refractivity contribution in [1.82, 2.24) is 19.1 Å². The minimum atomic E-state index is -3.64. The number of halogens is 2. The van der Waals surface area contributed by atoms with Crippen molar-refractivity contribution >= 4 is 45.0 Å². The number of benzene rings is 3. The number of alkyl halides is 2. The number of nitrogens with zero attached hydrogens (tertiary/aromatic N) is 5. The predicted molar refractivity (Wildman–Crippen MR) is 182 cm³/mol. The van der Waals surface area contributed by atoms with Gasteiger partial charge in [-0.3, -0.25) is 9.55 Å². The van der Waals surface area contributed by atoms with Crippen molar-refractivity contribution in [3.8, 4) is 5.82 Å². The molecular weight excluding hydrogens is 576 g/mol. The summed E-state index contributed by atoms with van der Waals surface area (Å²) in [6.45, 7) is 8.93. The summed E-state index contributed by atoms with van der Waals surface area (Å²) in [5.74, 6) is -3.08. The first-order valence-corrected chi connectivity index (χ1v) is 15.0. The third-order valence-electron chi connectivity index (χ3n) is 8.41. The zero-order valence-electron chi connectivity index (χ0n) is 33.4. The van der Waals surface area contributed by atoms with Crippen molar-refractivity contribution < 1.29 is 23.0 Å². The number of fused-ring (bicyclic) bond motifs is 4. The molecule has 1 aliphatic heterocycles. The van der Waals surface area contributed by atoms with Crippen molar-refractivity contribution in [3.05, 3.63) is 119 Å². The monoisotopic (exact) mass is 620 g/mol. The van der Waals surface area contributed by atoms with Crippen LogP contribution >= 0.6 is 0 Å². The maximum Gasteiger partial charge on any atom is 0.496 e. The number of hydrogen-bond acceptors (Lipinski definition) is 2. The van der Waals surface area contributed by atoms with Gasteiger partial charge < -0.3 is 0 Å². The van der Waals surface area contributed by atoms with E-state index in [1.54, 1.807) is 12.3 Å². The summed E-state index contributed by atoms with van der Waals surface area (Å²) in [6.07, 6.45) is 2.87. The van der Waals surface area contributed by atoms with Crippen LogP contribution < -0.4 is 4.58 Å². The Morgan fingerprint density at radius 2 is 1.50 bits per heavy atom. The fourth-order valence-electron chi connectivity index (χ4n) is 5.79. The highest BCUT2D eigenvalue weighted by Gasteiger charge is 2.40. The minimum Gasteiger partial charge on any atom is -0.292 e. The van der Waals surface area contributed by atoms with E-state index in [0.717, 1.165) is 27.2 Å². The van der Waals surface area contributed by atoms with E-state index in [1.807, 2.05) is 61.7 Å². The summed E-state index contributed by atoms with van der Waals surface area (Å²) in [5, 5.41) is 0.777. The van der Waals surface area contributed by atoms with Crippen LogP contribution in [-0.4, -0.2) is 32.1 Å². The molecule has 0 N–H and O–H groups in total. The third kappa shape index (κ3) is 4.83. The van der Waals surface area contributed by atoms with Crippen LogP contribution in [0.5, 0.6) is 0 Å². The van der Waals surface area contributed by atoms with Crippen molar-refractivity contribution in [1.29, 1.82) is 0 Å². The van der Waals surface area contributed by atoms with Crippen LogP contribution in [0.1, 0.15) is 73.4 Å². The van der Waals surface area contributed by atoms with Gasteiger partial charge in [-0.25, -0.2) is 4.98 Å². The fourth-order valence-corrected chi connectivity index (χ4v) is 5.79. The quantitative estimate of drug-likeness (QED) is 0.184. The molecule has 0 saturated heterocycles. The largest absolute Gasteiger partial charge is 0.496 e. The Balaban J connectivity index is 1.47. The summed E-state index contributed by atoms with van der Waals surface area (Å²) in [5.41, 5.74) is 1.08. The number of hydrogen-bond donors (Lipinski definition) is 0. The molecule has 0 fully saturated rings. The molecule has 1 aliphatic rings. The Morgan fingerprint density at radius 3 is 2.24 bits per heavy atom. The molecule has 6 aromatic rings. The fraction of sp³-hybridized carbons (Fsp3) is 0.256. The van der Waals surface area contributed by atoms with Gasteiger partial charge in [0.15, 0.2) is 6.98 Å². The van der Waals surface area contributed by atoms with E-state index in [1.165, 1.54) is 18.2 Å². The topological polar surface area (TPSA) is 36.7 Å². The molecule has 7 rings (SSSR count). The summed E-state index contributed by atoms with van der Waals surface area (Å²) in [6, 6.07) is 17.4. The van der Waals surface area contributed by atoms with Gasteiger partial charge in [0, 0.05) is 53.1 Å². The van der Waals surface area contributed by atoms with Crippen molar-refractivity contribution in [2.75, 3.05) is 6.98 Å². The zero-order chi connectivity index (χ0) is 38.6. The molecule has 5 nitrogen and oxygen atoms in total. The van der Waals surface area contributed by atoms with E-state index in [9.17, 15) is 0 Å². The third-order valence-corrected chi connectivity index (χ3v) is 8.41. The summed E-state index contributed by atoms with van der Waals surface area (Å²) >= 11 is 0. The van der Waals surface area contributed by atoms with E-state index in [-0.39, 0.29) is 28.0 Å². The molecule has 0 spiro atoms. The van der Waals surface area contributed by atoms with Gasteiger partial charge in [-0.1, -0.05) is 76.4 Å². The molecule has 230 valence electrons. The van der Waals surface area contributed by atoms with Crippen LogP contribution in [0.15, 0.2) is 97.2 Å². The molecule has 3 aromatic carbocycles. The second-order valence-electron chi connectivity index (χ2n) is 13.7. The molecule has 3 aromatic heterocycles. The molecule has 7 heteroatoms. The molecule has 4 heterocycles. The normalized spacial score (nSPS) is 16.1. The van der Waals surface area contributed by atoms with Crippen LogP contribution in [0.4, 0.5) is 25.8 Å². The Labute approximate surface area is 277 Å². The number of para-hydroxylation sites is 3. The highest BCUT2D eigenvalue weighted by molar-refractivity contribution is 6.07. The average molecular weight is 621 g/mol. The molecule has 46 heavy (non-hydrogen) atoms. The van der Waals surface area contributed by atoms with Gasteiger partial charge in [0.1, 0.15) is 9.93 Å². The van der Waals surface area contributed by atoms with Crippen molar-refractivity contribution in [2.45, 2.75) is 58.3 Å². The van der Waals surface area contributed by atoms with Crippen LogP contribution in [-0.2, 0) is 16.8 Å².